The Labute approximate surface area is 135 Å². The maximum absolute atomic E-state index is 12.3. The zero-order chi connectivity index (χ0) is 14.9. The van der Waals surface area contributed by atoms with E-state index in [1.807, 2.05) is 6.07 Å². The molecule has 2 heterocycles. The number of nitrogens with one attached hydrogen (secondary N) is 1. The fraction of sp³-hybridized carbons (Fsp3) is 0.389. The second-order valence-electron chi connectivity index (χ2n) is 6.28. The molecule has 2 aliphatic rings. The summed E-state index contributed by atoms with van der Waals surface area (Å²) < 4.78 is 0. The van der Waals surface area contributed by atoms with Crippen LogP contribution in [0.2, 0.25) is 0 Å². The molecule has 1 aromatic carbocycles. The lowest BCUT2D eigenvalue weighted by atomic mass is 10.1. The second-order valence-corrected chi connectivity index (χ2v) is 7.06. The smallest absolute Gasteiger partial charge is 0.224 e. The molecule has 3 unspecified atom stereocenters. The number of amides is 1. The maximum atomic E-state index is 12.3. The van der Waals surface area contributed by atoms with Crippen LogP contribution in [0, 0.1) is 0 Å². The van der Waals surface area contributed by atoms with Crippen LogP contribution in [0.15, 0.2) is 47.2 Å². The van der Waals surface area contributed by atoms with Crippen molar-refractivity contribution in [1.29, 1.82) is 0 Å². The van der Waals surface area contributed by atoms with E-state index in [9.17, 15) is 4.79 Å². The SMILES string of the molecule is O=C1CC(NCc2ccsc2)CN1C1CC1c1ccccc1. The van der Waals surface area contributed by atoms with Crippen molar-refractivity contribution in [2.75, 3.05) is 6.54 Å². The van der Waals surface area contributed by atoms with E-state index in [-0.39, 0.29) is 0 Å². The number of carbonyl (C=O) groups is 1. The van der Waals surface area contributed by atoms with Crippen LogP contribution in [0.4, 0.5) is 0 Å². The highest BCUT2D eigenvalue weighted by molar-refractivity contribution is 7.07. The van der Waals surface area contributed by atoms with Crippen molar-refractivity contribution in [3.8, 4) is 0 Å². The Morgan fingerprint density at radius 2 is 2.09 bits per heavy atom. The summed E-state index contributed by atoms with van der Waals surface area (Å²) in [6.07, 6.45) is 1.76. The number of hydrogen-bond donors (Lipinski definition) is 1. The quantitative estimate of drug-likeness (QED) is 0.920. The molecule has 1 amide bonds. The van der Waals surface area contributed by atoms with Crippen molar-refractivity contribution >= 4 is 17.2 Å². The molecule has 114 valence electrons. The van der Waals surface area contributed by atoms with E-state index in [0.717, 1.165) is 19.5 Å². The minimum atomic E-state index is 0.296. The molecule has 1 aromatic heterocycles. The van der Waals surface area contributed by atoms with Crippen LogP contribution in [0.3, 0.4) is 0 Å². The van der Waals surface area contributed by atoms with Crippen molar-refractivity contribution in [1.82, 2.24) is 10.2 Å². The standard InChI is InChI=1S/C18H20N2OS/c21-18-8-15(19-10-13-6-7-22-12-13)11-20(18)17-9-16(17)14-4-2-1-3-5-14/h1-7,12,15-17,19H,8-11H2. The molecule has 1 N–H and O–H groups in total. The molecule has 4 heteroatoms. The second kappa shape index (κ2) is 5.86. The molecule has 1 aliphatic heterocycles. The lowest BCUT2D eigenvalue weighted by molar-refractivity contribution is -0.128. The Bertz CT molecular complexity index is 640. The number of nitrogens with zero attached hydrogens (tertiary/aromatic N) is 1. The number of likely N-dealkylation sites (tertiary alicyclic amines) is 1. The molecule has 1 aliphatic carbocycles. The summed E-state index contributed by atoms with van der Waals surface area (Å²) in [6, 6.07) is 13.4. The summed E-state index contributed by atoms with van der Waals surface area (Å²) in [6.45, 7) is 1.72. The van der Waals surface area contributed by atoms with Gasteiger partial charge in [-0.1, -0.05) is 30.3 Å². The van der Waals surface area contributed by atoms with Gasteiger partial charge in [-0.25, -0.2) is 0 Å². The van der Waals surface area contributed by atoms with Gasteiger partial charge in [0.2, 0.25) is 5.91 Å². The molecule has 3 atom stereocenters. The first-order chi connectivity index (χ1) is 10.8. The van der Waals surface area contributed by atoms with Crippen LogP contribution in [0.1, 0.15) is 29.9 Å². The van der Waals surface area contributed by atoms with Gasteiger partial charge in [0.25, 0.3) is 0 Å². The fourth-order valence-electron chi connectivity index (χ4n) is 3.43. The van der Waals surface area contributed by atoms with Gasteiger partial charge in [0.15, 0.2) is 0 Å². The van der Waals surface area contributed by atoms with E-state index in [4.69, 9.17) is 0 Å². The van der Waals surface area contributed by atoms with E-state index < -0.39 is 0 Å². The van der Waals surface area contributed by atoms with E-state index >= 15 is 0 Å². The minimum Gasteiger partial charge on any atom is -0.337 e. The van der Waals surface area contributed by atoms with Crippen molar-refractivity contribution in [3.05, 3.63) is 58.3 Å². The molecule has 0 radical (unpaired) electrons. The predicted octanol–water partition coefficient (Wildman–Crippen LogP) is 2.99. The number of carbonyl (C=O) groups excluding carboxylic acids is 1. The topological polar surface area (TPSA) is 32.3 Å². The largest absolute Gasteiger partial charge is 0.337 e. The zero-order valence-corrected chi connectivity index (χ0v) is 13.3. The van der Waals surface area contributed by atoms with Crippen LogP contribution in [0.25, 0.3) is 0 Å². The summed E-state index contributed by atoms with van der Waals surface area (Å²) in [5.41, 5.74) is 2.68. The predicted molar refractivity (Wildman–Crippen MR) is 88.9 cm³/mol. The Balaban J connectivity index is 1.33. The normalized spacial score (nSPS) is 27.4. The molecule has 3 nitrogen and oxygen atoms in total. The van der Waals surface area contributed by atoms with Gasteiger partial charge in [0, 0.05) is 37.5 Å². The third-order valence-electron chi connectivity index (χ3n) is 4.72. The monoisotopic (exact) mass is 312 g/mol. The zero-order valence-electron chi connectivity index (χ0n) is 12.4. The summed E-state index contributed by atoms with van der Waals surface area (Å²) in [7, 11) is 0. The van der Waals surface area contributed by atoms with Crippen molar-refractivity contribution in [2.24, 2.45) is 0 Å². The highest BCUT2D eigenvalue weighted by Gasteiger charge is 2.47. The number of thiophene rings is 1. The van der Waals surface area contributed by atoms with Crippen LogP contribution in [0.5, 0.6) is 0 Å². The first-order valence-corrected chi connectivity index (χ1v) is 8.84. The van der Waals surface area contributed by atoms with Crippen LogP contribution < -0.4 is 5.32 Å². The van der Waals surface area contributed by atoms with Gasteiger partial charge in [-0.2, -0.15) is 11.3 Å². The average molecular weight is 312 g/mol. The summed E-state index contributed by atoms with van der Waals surface area (Å²) >= 11 is 1.72. The van der Waals surface area contributed by atoms with E-state index in [0.29, 0.717) is 30.3 Å². The van der Waals surface area contributed by atoms with Gasteiger partial charge in [0.05, 0.1) is 0 Å². The van der Waals surface area contributed by atoms with Gasteiger partial charge in [-0.15, -0.1) is 0 Å². The van der Waals surface area contributed by atoms with Gasteiger partial charge in [-0.05, 0) is 34.4 Å². The first kappa shape index (κ1) is 14.0. The minimum absolute atomic E-state index is 0.296. The molecule has 2 fully saturated rings. The van der Waals surface area contributed by atoms with Crippen LogP contribution >= 0.6 is 11.3 Å². The third-order valence-corrected chi connectivity index (χ3v) is 5.45. The van der Waals surface area contributed by atoms with E-state index in [2.05, 4.69) is 51.3 Å². The van der Waals surface area contributed by atoms with Crippen LogP contribution in [-0.2, 0) is 11.3 Å². The molecule has 1 saturated carbocycles. The fourth-order valence-corrected chi connectivity index (χ4v) is 4.10. The first-order valence-electron chi connectivity index (χ1n) is 7.90. The van der Waals surface area contributed by atoms with Crippen molar-refractivity contribution in [2.45, 2.75) is 37.4 Å². The molecule has 22 heavy (non-hydrogen) atoms. The Kier molecular flexibility index (Phi) is 3.72. The van der Waals surface area contributed by atoms with Gasteiger partial charge < -0.3 is 10.2 Å². The summed E-state index contributed by atoms with van der Waals surface area (Å²) in [5, 5.41) is 7.78. The number of hydrogen-bond acceptors (Lipinski definition) is 3. The molecular formula is C18H20N2OS. The van der Waals surface area contributed by atoms with Crippen LogP contribution in [-0.4, -0.2) is 29.4 Å². The highest BCUT2D eigenvalue weighted by atomic mass is 32.1. The Hall–Kier alpha value is -1.65. The Morgan fingerprint density at radius 3 is 2.86 bits per heavy atom. The molecule has 0 spiro atoms. The summed E-state index contributed by atoms with van der Waals surface area (Å²) in [5.74, 6) is 0.854. The molecular weight excluding hydrogens is 292 g/mol. The average Bonchev–Trinajstić information content (AvgIpc) is 2.98. The highest BCUT2D eigenvalue weighted by Crippen LogP contribution is 2.45. The van der Waals surface area contributed by atoms with Crippen molar-refractivity contribution in [3.63, 3.8) is 0 Å². The maximum Gasteiger partial charge on any atom is 0.224 e. The van der Waals surface area contributed by atoms with Crippen molar-refractivity contribution < 1.29 is 4.79 Å². The van der Waals surface area contributed by atoms with E-state index in [1.165, 1.54) is 11.1 Å². The Morgan fingerprint density at radius 1 is 1.23 bits per heavy atom. The molecule has 1 saturated heterocycles. The number of benzene rings is 1. The van der Waals surface area contributed by atoms with E-state index in [1.54, 1.807) is 11.3 Å². The van der Waals surface area contributed by atoms with Gasteiger partial charge in [-0.3, -0.25) is 4.79 Å². The molecule has 0 bridgehead atoms. The lowest BCUT2D eigenvalue weighted by Crippen LogP contribution is -2.33. The lowest BCUT2D eigenvalue weighted by Gasteiger charge is -2.17. The third kappa shape index (κ3) is 2.81. The van der Waals surface area contributed by atoms with Gasteiger partial charge >= 0.3 is 0 Å². The number of rotatable bonds is 5. The van der Waals surface area contributed by atoms with Gasteiger partial charge in [0.1, 0.15) is 0 Å². The molecule has 4 rings (SSSR count). The summed E-state index contributed by atoms with van der Waals surface area (Å²) in [4.78, 5) is 14.4. The molecule has 2 aromatic rings.